The lowest BCUT2D eigenvalue weighted by molar-refractivity contribution is -0.139. The number of benzene rings is 2. The van der Waals surface area contributed by atoms with E-state index in [9.17, 15) is 9.90 Å². The molecule has 0 bridgehead atoms. The molecule has 0 fully saturated rings. The molecule has 0 heterocycles. The van der Waals surface area contributed by atoms with E-state index in [1.165, 1.54) is 13.3 Å². The van der Waals surface area contributed by atoms with E-state index < -0.39 is 0 Å². The summed E-state index contributed by atoms with van der Waals surface area (Å²) in [5.41, 5.74) is 2.46. The van der Waals surface area contributed by atoms with Crippen LogP contribution in [0.2, 0.25) is 5.02 Å². The van der Waals surface area contributed by atoms with E-state index in [0.29, 0.717) is 23.8 Å². The number of ether oxygens (including phenoxy) is 2. The largest absolute Gasteiger partial charge is 0.507 e. The van der Waals surface area contributed by atoms with Gasteiger partial charge >= 0.3 is 5.97 Å². The third-order valence-electron chi connectivity index (χ3n) is 5.06. The number of carbonyl (C=O) groups excluding carboxylic acids is 1. The van der Waals surface area contributed by atoms with Gasteiger partial charge in [-0.15, -0.1) is 16.9 Å². The van der Waals surface area contributed by atoms with E-state index in [2.05, 4.69) is 16.8 Å². The number of phenols is 1. The second-order valence-corrected chi connectivity index (χ2v) is 9.36. The van der Waals surface area contributed by atoms with Crippen LogP contribution in [0, 0.1) is 5.92 Å². The normalized spacial score (nSPS) is 12.1. The van der Waals surface area contributed by atoms with Crippen molar-refractivity contribution < 1.29 is 24.6 Å². The number of halogens is 1. The summed E-state index contributed by atoms with van der Waals surface area (Å²) in [5, 5.41) is 23.2. The highest BCUT2D eigenvalue weighted by molar-refractivity contribution is 7.99. The second-order valence-electron chi connectivity index (χ2n) is 7.81. The quantitative estimate of drug-likeness (QED) is 0.0899. The van der Waals surface area contributed by atoms with E-state index >= 15 is 0 Å². The molecule has 0 aliphatic rings. The van der Waals surface area contributed by atoms with Gasteiger partial charge in [-0.3, -0.25) is 4.79 Å². The van der Waals surface area contributed by atoms with Crippen molar-refractivity contribution in [2.75, 3.05) is 19.5 Å². The predicted octanol–water partition coefficient (Wildman–Crippen LogP) is 5.91. The number of rotatable bonds is 13. The molecule has 33 heavy (non-hydrogen) atoms. The maximum Gasteiger partial charge on any atom is 0.309 e. The zero-order valence-electron chi connectivity index (χ0n) is 19.3. The maximum absolute atomic E-state index is 11.4. The minimum absolute atomic E-state index is 0.0144. The van der Waals surface area contributed by atoms with E-state index in [0.717, 1.165) is 46.6 Å². The van der Waals surface area contributed by atoms with E-state index in [-0.39, 0.29) is 24.1 Å². The number of oxime groups is 1. The lowest BCUT2D eigenvalue weighted by atomic mass is 9.97. The number of aromatic hydroxyl groups is 1. The Kier molecular flexibility index (Phi) is 11.4. The van der Waals surface area contributed by atoms with Crippen molar-refractivity contribution in [3.05, 3.63) is 52.0 Å². The SMILES string of the molecule is CCCc1c(OCCCSc2ccc(CC(=O)OC)cc2Cl)ccc(CC(C)C=NO)c1O. The van der Waals surface area contributed by atoms with Gasteiger partial charge in [0.1, 0.15) is 11.5 Å². The Balaban J connectivity index is 1.91. The summed E-state index contributed by atoms with van der Waals surface area (Å²) in [6.45, 7) is 4.52. The van der Waals surface area contributed by atoms with Gasteiger partial charge in [-0.25, -0.2) is 0 Å². The second kappa shape index (κ2) is 14.0. The Bertz CT molecular complexity index is 951. The van der Waals surface area contributed by atoms with E-state index in [1.807, 2.05) is 31.2 Å². The lowest BCUT2D eigenvalue weighted by Gasteiger charge is -2.16. The molecule has 6 nitrogen and oxygen atoms in total. The van der Waals surface area contributed by atoms with Crippen LogP contribution in [0.15, 0.2) is 40.4 Å². The number of thioether (sulfide) groups is 1. The zero-order chi connectivity index (χ0) is 24.2. The van der Waals surface area contributed by atoms with E-state index in [4.69, 9.17) is 21.5 Å². The zero-order valence-corrected chi connectivity index (χ0v) is 20.9. The fraction of sp³-hybridized carbons (Fsp3) is 0.440. The molecule has 1 atom stereocenters. The smallest absolute Gasteiger partial charge is 0.309 e. The van der Waals surface area contributed by atoms with Crippen LogP contribution >= 0.6 is 23.4 Å². The number of nitrogens with zero attached hydrogens (tertiary/aromatic N) is 1. The van der Waals surface area contributed by atoms with Gasteiger partial charge in [0.15, 0.2) is 0 Å². The molecular formula is C25H32ClNO5S. The minimum atomic E-state index is -0.293. The fourth-order valence-electron chi connectivity index (χ4n) is 3.40. The first-order valence-electron chi connectivity index (χ1n) is 11.0. The van der Waals surface area contributed by atoms with Crippen LogP contribution in [0.1, 0.15) is 43.4 Å². The highest BCUT2D eigenvalue weighted by Gasteiger charge is 2.15. The molecule has 0 saturated carbocycles. The van der Waals surface area contributed by atoms with Gasteiger partial charge in [-0.05, 0) is 54.5 Å². The third-order valence-corrected chi connectivity index (χ3v) is 6.65. The van der Waals surface area contributed by atoms with Crippen molar-refractivity contribution in [2.24, 2.45) is 11.1 Å². The van der Waals surface area contributed by atoms with Gasteiger partial charge in [-0.1, -0.05) is 44.0 Å². The third kappa shape index (κ3) is 8.48. The molecule has 180 valence electrons. The molecule has 0 aliphatic carbocycles. The maximum atomic E-state index is 11.4. The summed E-state index contributed by atoms with van der Waals surface area (Å²) in [6.07, 6.45) is 4.67. The van der Waals surface area contributed by atoms with Crippen LogP contribution in [0.25, 0.3) is 0 Å². The van der Waals surface area contributed by atoms with Crippen molar-refractivity contribution >= 4 is 35.5 Å². The first-order chi connectivity index (χ1) is 15.9. The summed E-state index contributed by atoms with van der Waals surface area (Å²) in [5.74, 6) is 1.51. The molecule has 1 unspecified atom stereocenters. The molecule has 0 saturated heterocycles. The molecule has 0 radical (unpaired) electrons. The first kappa shape index (κ1) is 26.9. The lowest BCUT2D eigenvalue weighted by Crippen LogP contribution is -2.05. The number of hydrogen-bond acceptors (Lipinski definition) is 7. The van der Waals surface area contributed by atoms with Gasteiger partial charge in [0, 0.05) is 22.4 Å². The molecule has 0 amide bonds. The molecule has 2 aromatic carbocycles. The number of esters is 1. The Hall–Kier alpha value is -2.38. The molecule has 2 aromatic rings. The summed E-state index contributed by atoms with van der Waals surface area (Å²) in [6, 6.07) is 9.38. The standard InChI is InChI=1S/C25H32ClNO5S/c1-4-6-20-22(9-8-19(25(20)29)13-17(2)16-27-30)32-11-5-12-33-23-10-7-18(14-21(23)26)15-24(28)31-3/h7-10,14,16-17,29-30H,4-6,11-13,15H2,1-3H3. The fourth-order valence-corrected chi connectivity index (χ4v) is 4.61. The summed E-state index contributed by atoms with van der Waals surface area (Å²) < 4.78 is 10.7. The van der Waals surface area contributed by atoms with Gasteiger partial charge < -0.3 is 19.8 Å². The number of carbonyl (C=O) groups is 1. The Morgan fingerprint density at radius 1 is 1.30 bits per heavy atom. The highest BCUT2D eigenvalue weighted by atomic mass is 35.5. The Labute approximate surface area is 204 Å². The van der Waals surface area contributed by atoms with Crippen molar-refractivity contribution in [3.8, 4) is 11.5 Å². The molecule has 2 N–H and O–H groups in total. The average molecular weight is 494 g/mol. The minimum Gasteiger partial charge on any atom is -0.507 e. The van der Waals surface area contributed by atoms with Crippen molar-refractivity contribution in [1.82, 2.24) is 0 Å². The molecular weight excluding hydrogens is 462 g/mol. The first-order valence-corrected chi connectivity index (χ1v) is 12.4. The summed E-state index contributed by atoms with van der Waals surface area (Å²) >= 11 is 7.99. The Morgan fingerprint density at radius 2 is 2.09 bits per heavy atom. The van der Waals surface area contributed by atoms with Crippen molar-refractivity contribution in [3.63, 3.8) is 0 Å². The van der Waals surface area contributed by atoms with Gasteiger partial charge in [0.05, 0.1) is 25.2 Å². The number of phenolic OH excluding ortho intramolecular Hbond substituents is 1. The van der Waals surface area contributed by atoms with Crippen LogP contribution < -0.4 is 4.74 Å². The van der Waals surface area contributed by atoms with E-state index in [1.54, 1.807) is 17.8 Å². The highest BCUT2D eigenvalue weighted by Crippen LogP contribution is 2.34. The molecule has 0 aliphatic heterocycles. The summed E-state index contributed by atoms with van der Waals surface area (Å²) in [4.78, 5) is 12.4. The van der Waals surface area contributed by atoms with Crippen molar-refractivity contribution in [1.29, 1.82) is 0 Å². The predicted molar refractivity (Wildman–Crippen MR) is 133 cm³/mol. The van der Waals surface area contributed by atoms with Crippen LogP contribution in [0.4, 0.5) is 0 Å². The van der Waals surface area contributed by atoms with Crippen LogP contribution in [-0.4, -0.2) is 42.0 Å². The van der Waals surface area contributed by atoms with Crippen molar-refractivity contribution in [2.45, 2.75) is 50.8 Å². The van der Waals surface area contributed by atoms with Gasteiger partial charge in [0.25, 0.3) is 0 Å². The molecule has 0 aromatic heterocycles. The van der Waals surface area contributed by atoms with Crippen LogP contribution in [-0.2, 0) is 28.8 Å². The molecule has 2 rings (SSSR count). The topological polar surface area (TPSA) is 88.4 Å². The van der Waals surface area contributed by atoms with Crippen LogP contribution in [0.5, 0.6) is 11.5 Å². The van der Waals surface area contributed by atoms with Gasteiger partial charge in [-0.2, -0.15) is 0 Å². The average Bonchev–Trinajstić information content (AvgIpc) is 2.78. The number of methoxy groups -OCH3 is 1. The van der Waals surface area contributed by atoms with Crippen LogP contribution in [0.3, 0.4) is 0 Å². The molecule has 0 spiro atoms. The number of hydrogen-bond donors (Lipinski definition) is 2. The summed E-state index contributed by atoms with van der Waals surface area (Å²) in [7, 11) is 1.37. The van der Waals surface area contributed by atoms with Gasteiger partial charge in [0.2, 0.25) is 0 Å². The molecule has 8 heteroatoms. The monoisotopic (exact) mass is 493 g/mol. The Morgan fingerprint density at radius 3 is 2.76 bits per heavy atom.